The molecule has 0 atom stereocenters. The lowest BCUT2D eigenvalue weighted by Crippen LogP contribution is -2.23. The summed E-state index contributed by atoms with van der Waals surface area (Å²) in [7, 11) is 0. The minimum absolute atomic E-state index is 0.871. The molecule has 0 aliphatic carbocycles. The first-order valence-electron chi connectivity index (χ1n) is 11.3. The maximum Gasteiger partial charge on any atom is -0.00190 e. The van der Waals surface area contributed by atoms with Gasteiger partial charge in [-0.15, -0.1) is 0 Å². The van der Waals surface area contributed by atoms with Crippen molar-refractivity contribution < 1.29 is 0 Å². The summed E-state index contributed by atoms with van der Waals surface area (Å²) in [6, 6.07) is 0. The smallest absolute Gasteiger partial charge is 0.00190 e. The largest absolute Gasteiger partial charge is 0.330 e. The topological polar surface area (TPSA) is 29.3 Å². The minimum atomic E-state index is 0.871. The fourth-order valence-corrected chi connectivity index (χ4v) is 3.49. The van der Waals surface area contributed by atoms with Gasteiger partial charge in [0, 0.05) is 0 Å². The molecule has 0 heterocycles. The molecule has 0 aromatic carbocycles. The van der Waals surface area contributed by atoms with Crippen molar-refractivity contribution >= 4 is 0 Å². The third-order valence-corrected chi connectivity index (χ3v) is 5.32. The van der Waals surface area contributed by atoms with E-state index in [9.17, 15) is 0 Å². The molecule has 24 heavy (non-hydrogen) atoms. The molecule has 0 unspecified atom stereocenters. The highest BCUT2D eigenvalue weighted by atomic mass is 15.1. The van der Waals surface area contributed by atoms with Gasteiger partial charge in [0.15, 0.2) is 0 Å². The minimum Gasteiger partial charge on any atom is -0.330 e. The normalized spacial score (nSPS) is 11.5. The standard InChI is InChI=1S/C22H48N2/c1-3-24(4-2)22-20-18-16-14-12-10-8-6-5-7-9-11-13-15-17-19-21-23/h3-23H2,1-2H3. The highest BCUT2D eigenvalue weighted by Crippen LogP contribution is 2.13. The molecular weight excluding hydrogens is 292 g/mol. The molecule has 0 aromatic heterocycles. The zero-order valence-electron chi connectivity index (χ0n) is 17.2. The van der Waals surface area contributed by atoms with E-state index in [1.54, 1.807) is 0 Å². The van der Waals surface area contributed by atoms with E-state index in [4.69, 9.17) is 5.73 Å². The highest BCUT2D eigenvalue weighted by Gasteiger charge is 1.98. The summed E-state index contributed by atoms with van der Waals surface area (Å²) in [6.07, 6.45) is 22.8. The maximum absolute atomic E-state index is 5.51. The zero-order valence-corrected chi connectivity index (χ0v) is 17.2. The third-order valence-electron chi connectivity index (χ3n) is 5.32. The molecule has 0 radical (unpaired) electrons. The number of unbranched alkanes of at least 4 members (excludes halogenated alkanes) is 15. The molecule has 146 valence electrons. The summed E-state index contributed by atoms with van der Waals surface area (Å²) >= 11 is 0. The van der Waals surface area contributed by atoms with Crippen LogP contribution in [0.5, 0.6) is 0 Å². The van der Waals surface area contributed by atoms with Crippen LogP contribution in [0.4, 0.5) is 0 Å². The number of rotatable bonds is 20. The van der Waals surface area contributed by atoms with Gasteiger partial charge < -0.3 is 10.6 Å². The van der Waals surface area contributed by atoms with Crippen LogP contribution in [0.2, 0.25) is 0 Å². The van der Waals surface area contributed by atoms with Gasteiger partial charge in [0.05, 0.1) is 0 Å². The van der Waals surface area contributed by atoms with Crippen molar-refractivity contribution in [2.75, 3.05) is 26.2 Å². The summed E-state index contributed by atoms with van der Waals surface area (Å²) in [4.78, 5) is 2.54. The van der Waals surface area contributed by atoms with Crippen molar-refractivity contribution in [2.45, 2.75) is 117 Å². The third kappa shape index (κ3) is 18.3. The molecule has 0 amide bonds. The Bertz CT molecular complexity index is 214. The van der Waals surface area contributed by atoms with Gasteiger partial charge >= 0.3 is 0 Å². The second-order valence-electron chi connectivity index (χ2n) is 7.47. The molecule has 0 rings (SSSR count). The zero-order chi connectivity index (χ0) is 17.7. The maximum atomic E-state index is 5.51. The van der Waals surface area contributed by atoms with Crippen molar-refractivity contribution in [1.29, 1.82) is 0 Å². The number of nitrogens with zero attached hydrogens (tertiary/aromatic N) is 1. The quantitative estimate of drug-likeness (QED) is 0.255. The first-order valence-corrected chi connectivity index (χ1v) is 11.3. The Morgan fingerprint density at radius 3 is 1.04 bits per heavy atom. The van der Waals surface area contributed by atoms with E-state index < -0.39 is 0 Å². The first kappa shape index (κ1) is 23.9. The summed E-state index contributed by atoms with van der Waals surface area (Å²) in [5.74, 6) is 0. The van der Waals surface area contributed by atoms with Crippen LogP contribution in [-0.2, 0) is 0 Å². The first-order chi connectivity index (χ1) is 11.8. The molecule has 2 nitrogen and oxygen atoms in total. The van der Waals surface area contributed by atoms with Crippen LogP contribution in [0.25, 0.3) is 0 Å². The van der Waals surface area contributed by atoms with Crippen molar-refractivity contribution in [1.82, 2.24) is 4.90 Å². The summed E-state index contributed by atoms with van der Waals surface area (Å²) < 4.78 is 0. The molecule has 2 heteroatoms. The van der Waals surface area contributed by atoms with E-state index in [-0.39, 0.29) is 0 Å². The average Bonchev–Trinajstić information content (AvgIpc) is 2.61. The predicted octanol–water partition coefficient (Wildman–Crippen LogP) is 6.53. The van der Waals surface area contributed by atoms with Crippen molar-refractivity contribution in [3.05, 3.63) is 0 Å². The molecule has 0 aromatic rings. The monoisotopic (exact) mass is 340 g/mol. The van der Waals surface area contributed by atoms with Crippen LogP contribution < -0.4 is 5.73 Å². The molecule has 0 bridgehead atoms. The van der Waals surface area contributed by atoms with Crippen LogP contribution in [-0.4, -0.2) is 31.1 Å². The molecule has 0 fully saturated rings. The molecule has 0 saturated carbocycles. The number of hydrogen-bond donors (Lipinski definition) is 1. The fourth-order valence-electron chi connectivity index (χ4n) is 3.49. The van der Waals surface area contributed by atoms with Gasteiger partial charge in [0.25, 0.3) is 0 Å². The Morgan fingerprint density at radius 1 is 0.458 bits per heavy atom. The van der Waals surface area contributed by atoms with Gasteiger partial charge in [-0.2, -0.15) is 0 Å². The van der Waals surface area contributed by atoms with Gasteiger partial charge in [-0.3, -0.25) is 0 Å². The lowest BCUT2D eigenvalue weighted by Gasteiger charge is -2.17. The van der Waals surface area contributed by atoms with Gasteiger partial charge in [-0.1, -0.05) is 104 Å². The van der Waals surface area contributed by atoms with Gasteiger partial charge in [-0.05, 0) is 39.0 Å². The predicted molar refractivity (Wildman–Crippen MR) is 111 cm³/mol. The van der Waals surface area contributed by atoms with E-state index >= 15 is 0 Å². The average molecular weight is 341 g/mol. The van der Waals surface area contributed by atoms with Crippen LogP contribution >= 0.6 is 0 Å². The second kappa shape index (κ2) is 21.0. The highest BCUT2D eigenvalue weighted by molar-refractivity contribution is 4.54. The summed E-state index contributed by atoms with van der Waals surface area (Å²) in [6.45, 7) is 9.14. The van der Waals surface area contributed by atoms with Crippen molar-refractivity contribution in [3.8, 4) is 0 Å². The fraction of sp³-hybridized carbons (Fsp3) is 1.00. The van der Waals surface area contributed by atoms with E-state index in [1.165, 1.54) is 122 Å². The van der Waals surface area contributed by atoms with Crippen LogP contribution in [0.15, 0.2) is 0 Å². The molecule has 2 N–H and O–H groups in total. The van der Waals surface area contributed by atoms with E-state index in [1.807, 2.05) is 0 Å². The number of hydrogen-bond acceptors (Lipinski definition) is 2. The molecule has 0 aliphatic rings. The Balaban J connectivity index is 3.03. The van der Waals surface area contributed by atoms with E-state index in [0.29, 0.717) is 0 Å². The van der Waals surface area contributed by atoms with Crippen LogP contribution in [0.1, 0.15) is 117 Å². The van der Waals surface area contributed by atoms with Gasteiger partial charge in [-0.25, -0.2) is 0 Å². The summed E-state index contributed by atoms with van der Waals surface area (Å²) in [5.41, 5.74) is 5.51. The Hall–Kier alpha value is -0.0800. The molecule has 0 saturated heterocycles. The Morgan fingerprint density at radius 2 is 0.750 bits per heavy atom. The lowest BCUT2D eigenvalue weighted by molar-refractivity contribution is 0.295. The van der Waals surface area contributed by atoms with E-state index in [0.717, 1.165) is 6.54 Å². The number of nitrogens with two attached hydrogens (primary N) is 1. The second-order valence-corrected chi connectivity index (χ2v) is 7.47. The molecular formula is C22H48N2. The lowest BCUT2D eigenvalue weighted by atomic mass is 10.0. The SMILES string of the molecule is CCN(CC)CCCCCCCCCCCCCCCCCCN. The van der Waals surface area contributed by atoms with Crippen LogP contribution in [0.3, 0.4) is 0 Å². The molecule has 0 spiro atoms. The Kier molecular flexibility index (Phi) is 20.9. The summed E-state index contributed by atoms with van der Waals surface area (Å²) in [5, 5.41) is 0. The van der Waals surface area contributed by atoms with Gasteiger partial charge in [0.2, 0.25) is 0 Å². The van der Waals surface area contributed by atoms with Crippen molar-refractivity contribution in [2.24, 2.45) is 5.73 Å². The van der Waals surface area contributed by atoms with Crippen molar-refractivity contribution in [3.63, 3.8) is 0 Å². The Labute approximate surface area is 154 Å². The van der Waals surface area contributed by atoms with Gasteiger partial charge in [0.1, 0.15) is 0 Å². The van der Waals surface area contributed by atoms with E-state index in [2.05, 4.69) is 18.7 Å². The molecule has 0 aliphatic heterocycles. The van der Waals surface area contributed by atoms with Crippen LogP contribution in [0, 0.1) is 0 Å².